The van der Waals surface area contributed by atoms with Gasteiger partial charge in [-0.15, -0.1) is 0 Å². The first kappa shape index (κ1) is 14.9. The van der Waals surface area contributed by atoms with Crippen LogP contribution in [-0.2, 0) is 17.8 Å². The summed E-state index contributed by atoms with van der Waals surface area (Å²) in [7, 11) is 0. The molecule has 0 radical (unpaired) electrons. The van der Waals surface area contributed by atoms with E-state index in [0.29, 0.717) is 12.4 Å². The molecule has 0 saturated heterocycles. The van der Waals surface area contributed by atoms with Crippen molar-refractivity contribution in [3.8, 4) is 0 Å². The predicted molar refractivity (Wildman–Crippen MR) is 92.9 cm³/mol. The molecule has 2 heterocycles. The summed E-state index contributed by atoms with van der Waals surface area (Å²) in [6, 6.07) is 15.7. The fraction of sp³-hybridized carbons (Fsp3) is 0.263. The summed E-state index contributed by atoms with van der Waals surface area (Å²) in [4.78, 5) is 19.2. The standard InChI is InChI=1S/C19H19N3O2/c1-13(23)19-20-15-7-3-5-9-17(15)22(19)12-18(24)21-11-10-14-6-2-4-8-16(14)21/h2-9,13,23H,10-12H2,1H3. The molecule has 1 aromatic heterocycles. The molecule has 1 aliphatic heterocycles. The summed E-state index contributed by atoms with van der Waals surface area (Å²) >= 11 is 0. The van der Waals surface area contributed by atoms with Gasteiger partial charge in [0.15, 0.2) is 0 Å². The number of para-hydroxylation sites is 3. The van der Waals surface area contributed by atoms with Crippen LogP contribution in [0.1, 0.15) is 24.4 Å². The van der Waals surface area contributed by atoms with Crippen LogP contribution in [0.3, 0.4) is 0 Å². The van der Waals surface area contributed by atoms with Gasteiger partial charge < -0.3 is 14.6 Å². The van der Waals surface area contributed by atoms with Crippen molar-refractivity contribution in [2.24, 2.45) is 0 Å². The number of amides is 1. The molecule has 0 spiro atoms. The lowest BCUT2D eigenvalue weighted by Crippen LogP contribution is -2.32. The zero-order valence-corrected chi connectivity index (χ0v) is 13.5. The van der Waals surface area contributed by atoms with Crippen molar-refractivity contribution in [2.75, 3.05) is 11.4 Å². The molecular formula is C19H19N3O2. The van der Waals surface area contributed by atoms with Crippen LogP contribution in [0.4, 0.5) is 5.69 Å². The minimum atomic E-state index is -0.726. The van der Waals surface area contributed by atoms with E-state index in [1.807, 2.05) is 51.9 Å². The van der Waals surface area contributed by atoms with E-state index in [-0.39, 0.29) is 12.5 Å². The molecule has 1 unspecified atom stereocenters. The summed E-state index contributed by atoms with van der Waals surface area (Å²) in [6.45, 7) is 2.55. The molecule has 5 heteroatoms. The first-order valence-corrected chi connectivity index (χ1v) is 8.16. The third kappa shape index (κ3) is 2.37. The van der Waals surface area contributed by atoms with Crippen LogP contribution in [0.15, 0.2) is 48.5 Å². The highest BCUT2D eigenvalue weighted by atomic mass is 16.3. The van der Waals surface area contributed by atoms with Crippen LogP contribution < -0.4 is 4.90 Å². The molecule has 0 bridgehead atoms. The smallest absolute Gasteiger partial charge is 0.247 e. The van der Waals surface area contributed by atoms with Crippen molar-refractivity contribution >= 4 is 22.6 Å². The number of anilines is 1. The molecule has 24 heavy (non-hydrogen) atoms. The number of hydrogen-bond acceptors (Lipinski definition) is 3. The van der Waals surface area contributed by atoms with Crippen molar-refractivity contribution < 1.29 is 9.90 Å². The van der Waals surface area contributed by atoms with Gasteiger partial charge in [0, 0.05) is 12.2 Å². The minimum absolute atomic E-state index is 0.0185. The third-order valence-corrected chi connectivity index (χ3v) is 4.54. The molecular weight excluding hydrogens is 302 g/mol. The number of imidazole rings is 1. The highest BCUT2D eigenvalue weighted by molar-refractivity contribution is 5.96. The lowest BCUT2D eigenvalue weighted by atomic mass is 10.2. The molecule has 0 aliphatic carbocycles. The molecule has 1 aliphatic rings. The maximum Gasteiger partial charge on any atom is 0.247 e. The Morgan fingerprint density at radius 2 is 1.96 bits per heavy atom. The normalized spacial score (nSPS) is 14.8. The molecule has 0 saturated carbocycles. The Kier molecular flexibility index (Phi) is 3.58. The summed E-state index contributed by atoms with van der Waals surface area (Å²) in [6.07, 6.45) is 0.159. The van der Waals surface area contributed by atoms with Crippen LogP contribution in [0.5, 0.6) is 0 Å². The fourth-order valence-corrected chi connectivity index (χ4v) is 3.40. The number of hydrogen-bond donors (Lipinski definition) is 1. The molecule has 0 fully saturated rings. The lowest BCUT2D eigenvalue weighted by molar-refractivity contribution is -0.119. The number of aliphatic hydroxyl groups excluding tert-OH is 1. The van der Waals surface area contributed by atoms with E-state index in [4.69, 9.17) is 0 Å². The zero-order chi connectivity index (χ0) is 16.7. The number of carbonyl (C=O) groups excluding carboxylic acids is 1. The third-order valence-electron chi connectivity index (χ3n) is 4.54. The maximum absolute atomic E-state index is 12.9. The second-order valence-electron chi connectivity index (χ2n) is 6.14. The molecule has 2 aromatic carbocycles. The van der Waals surface area contributed by atoms with E-state index in [2.05, 4.69) is 11.1 Å². The Hall–Kier alpha value is -2.66. The predicted octanol–water partition coefficient (Wildman–Crippen LogP) is 2.68. The van der Waals surface area contributed by atoms with Gasteiger partial charge in [0.1, 0.15) is 18.5 Å². The number of aliphatic hydroxyl groups is 1. The van der Waals surface area contributed by atoms with Crippen LogP contribution in [0.2, 0.25) is 0 Å². The fourth-order valence-electron chi connectivity index (χ4n) is 3.40. The van der Waals surface area contributed by atoms with Gasteiger partial charge in [-0.25, -0.2) is 4.98 Å². The summed E-state index contributed by atoms with van der Waals surface area (Å²) in [5.74, 6) is 0.544. The Labute approximate surface area is 140 Å². The summed E-state index contributed by atoms with van der Waals surface area (Å²) in [5.41, 5.74) is 3.86. The highest BCUT2D eigenvalue weighted by Crippen LogP contribution is 2.28. The molecule has 1 atom stereocenters. The van der Waals surface area contributed by atoms with Gasteiger partial charge in [-0.05, 0) is 37.1 Å². The van der Waals surface area contributed by atoms with E-state index in [9.17, 15) is 9.90 Å². The average molecular weight is 321 g/mol. The number of nitrogens with zero attached hydrogens (tertiary/aromatic N) is 3. The number of fused-ring (bicyclic) bond motifs is 2. The van der Waals surface area contributed by atoms with Crippen molar-refractivity contribution in [3.05, 3.63) is 59.9 Å². The summed E-state index contributed by atoms with van der Waals surface area (Å²) < 4.78 is 1.82. The second kappa shape index (κ2) is 5.76. The van der Waals surface area contributed by atoms with Crippen molar-refractivity contribution in [1.82, 2.24) is 9.55 Å². The van der Waals surface area contributed by atoms with Crippen molar-refractivity contribution in [3.63, 3.8) is 0 Å². The van der Waals surface area contributed by atoms with Gasteiger partial charge in [0.2, 0.25) is 5.91 Å². The molecule has 3 aromatic rings. The van der Waals surface area contributed by atoms with E-state index in [1.54, 1.807) is 6.92 Å². The monoisotopic (exact) mass is 321 g/mol. The first-order chi connectivity index (χ1) is 11.6. The zero-order valence-electron chi connectivity index (χ0n) is 13.5. The lowest BCUT2D eigenvalue weighted by Gasteiger charge is -2.19. The molecule has 122 valence electrons. The van der Waals surface area contributed by atoms with Gasteiger partial charge in [-0.3, -0.25) is 4.79 Å². The van der Waals surface area contributed by atoms with Crippen molar-refractivity contribution in [2.45, 2.75) is 26.0 Å². The number of carbonyl (C=O) groups is 1. The largest absolute Gasteiger partial charge is 0.385 e. The number of rotatable bonds is 3. The average Bonchev–Trinajstić information content (AvgIpc) is 3.17. The molecule has 5 nitrogen and oxygen atoms in total. The van der Waals surface area contributed by atoms with Crippen LogP contribution >= 0.6 is 0 Å². The first-order valence-electron chi connectivity index (χ1n) is 8.16. The van der Waals surface area contributed by atoms with Gasteiger partial charge in [0.25, 0.3) is 0 Å². The van der Waals surface area contributed by atoms with Gasteiger partial charge >= 0.3 is 0 Å². The quantitative estimate of drug-likeness (QED) is 0.807. The van der Waals surface area contributed by atoms with Crippen LogP contribution in [0, 0.1) is 0 Å². The van der Waals surface area contributed by atoms with Gasteiger partial charge in [-0.2, -0.15) is 0 Å². The highest BCUT2D eigenvalue weighted by Gasteiger charge is 2.26. The van der Waals surface area contributed by atoms with E-state index in [1.165, 1.54) is 5.56 Å². The number of benzene rings is 2. The molecule has 1 amide bonds. The van der Waals surface area contributed by atoms with Gasteiger partial charge in [-0.1, -0.05) is 30.3 Å². The van der Waals surface area contributed by atoms with E-state index >= 15 is 0 Å². The maximum atomic E-state index is 12.9. The Balaban J connectivity index is 1.70. The van der Waals surface area contributed by atoms with E-state index < -0.39 is 6.10 Å². The Morgan fingerprint density at radius 3 is 2.79 bits per heavy atom. The second-order valence-corrected chi connectivity index (χ2v) is 6.14. The number of aromatic nitrogens is 2. The summed E-state index contributed by atoms with van der Waals surface area (Å²) in [5, 5.41) is 10.0. The Morgan fingerprint density at radius 1 is 1.21 bits per heavy atom. The van der Waals surface area contributed by atoms with E-state index in [0.717, 1.165) is 23.1 Å². The van der Waals surface area contributed by atoms with Gasteiger partial charge in [0.05, 0.1) is 11.0 Å². The minimum Gasteiger partial charge on any atom is -0.385 e. The van der Waals surface area contributed by atoms with Crippen molar-refractivity contribution in [1.29, 1.82) is 0 Å². The van der Waals surface area contributed by atoms with Crippen LogP contribution in [-0.4, -0.2) is 27.1 Å². The SMILES string of the molecule is CC(O)c1nc2ccccc2n1CC(=O)N1CCc2ccccc21. The topological polar surface area (TPSA) is 58.4 Å². The Bertz CT molecular complexity index is 914. The molecule has 1 N–H and O–H groups in total. The van der Waals surface area contributed by atoms with Crippen LogP contribution in [0.25, 0.3) is 11.0 Å². The molecule has 4 rings (SSSR count).